The number of carbonyl (C=O) groups is 3. The summed E-state index contributed by atoms with van der Waals surface area (Å²) in [4.78, 5) is 42.1. The summed E-state index contributed by atoms with van der Waals surface area (Å²) >= 11 is 0. The molecule has 33 heavy (non-hydrogen) atoms. The van der Waals surface area contributed by atoms with Gasteiger partial charge in [-0.1, -0.05) is 42.5 Å². The number of hydrogen-bond acceptors (Lipinski definition) is 5. The molecule has 2 aliphatic rings. The Labute approximate surface area is 192 Å². The first-order valence-corrected chi connectivity index (χ1v) is 11.5. The number of piperidine rings is 1. The molecule has 1 fully saturated rings. The van der Waals surface area contributed by atoms with E-state index in [2.05, 4.69) is 4.90 Å². The van der Waals surface area contributed by atoms with Gasteiger partial charge < -0.3 is 9.64 Å². The summed E-state index contributed by atoms with van der Waals surface area (Å²) in [5.41, 5.74) is 2.99. The maximum absolute atomic E-state index is 13.2. The van der Waals surface area contributed by atoms with E-state index in [1.165, 1.54) is 11.3 Å². The molecule has 6 nitrogen and oxygen atoms in total. The van der Waals surface area contributed by atoms with Crippen molar-refractivity contribution in [2.24, 2.45) is 0 Å². The van der Waals surface area contributed by atoms with Crippen LogP contribution in [-0.2, 0) is 16.0 Å². The van der Waals surface area contributed by atoms with Gasteiger partial charge in [0.2, 0.25) is 0 Å². The van der Waals surface area contributed by atoms with Gasteiger partial charge in [0.05, 0.1) is 13.0 Å². The number of esters is 1. The molecule has 0 saturated carbocycles. The maximum Gasteiger partial charge on any atom is 0.310 e. The Morgan fingerprint density at radius 1 is 0.818 bits per heavy atom. The van der Waals surface area contributed by atoms with E-state index in [-0.39, 0.29) is 37.4 Å². The van der Waals surface area contributed by atoms with E-state index in [0.717, 1.165) is 48.0 Å². The van der Waals surface area contributed by atoms with Crippen molar-refractivity contribution in [1.29, 1.82) is 0 Å². The molecule has 6 heteroatoms. The van der Waals surface area contributed by atoms with Crippen LogP contribution >= 0.6 is 0 Å². The van der Waals surface area contributed by atoms with Gasteiger partial charge in [0.15, 0.2) is 0 Å². The van der Waals surface area contributed by atoms with Gasteiger partial charge in [-0.15, -0.1) is 0 Å². The predicted octanol–water partition coefficient (Wildman–Crippen LogP) is 4.21. The fourth-order valence-electron chi connectivity index (χ4n) is 4.81. The number of rotatable bonds is 6. The number of benzene rings is 3. The molecule has 3 aromatic rings. The van der Waals surface area contributed by atoms with E-state index in [4.69, 9.17) is 4.74 Å². The number of anilines is 1. The number of hydrogen-bond donors (Lipinski definition) is 0. The normalized spacial score (nSPS) is 15.8. The van der Waals surface area contributed by atoms with Crippen LogP contribution in [0.2, 0.25) is 0 Å². The minimum absolute atomic E-state index is 0.0275. The predicted molar refractivity (Wildman–Crippen MR) is 126 cm³/mol. The molecule has 0 aliphatic carbocycles. The third-order valence-corrected chi connectivity index (χ3v) is 6.43. The molecule has 0 unspecified atom stereocenters. The molecule has 0 atom stereocenters. The highest BCUT2D eigenvalue weighted by molar-refractivity contribution is 6.26. The van der Waals surface area contributed by atoms with Crippen molar-refractivity contribution in [3.63, 3.8) is 0 Å². The topological polar surface area (TPSA) is 66.9 Å². The third-order valence-electron chi connectivity index (χ3n) is 6.43. The van der Waals surface area contributed by atoms with Crippen LogP contribution in [0.25, 0.3) is 10.8 Å². The summed E-state index contributed by atoms with van der Waals surface area (Å²) in [7, 11) is 0. The Bertz CT molecular complexity index is 1190. The zero-order valence-electron chi connectivity index (χ0n) is 18.5. The molecule has 2 heterocycles. The molecular weight excluding hydrogens is 416 g/mol. The van der Waals surface area contributed by atoms with Gasteiger partial charge in [-0.3, -0.25) is 19.3 Å². The van der Waals surface area contributed by atoms with Crippen molar-refractivity contribution in [3.8, 4) is 0 Å². The van der Waals surface area contributed by atoms with Crippen molar-refractivity contribution in [1.82, 2.24) is 4.90 Å². The van der Waals surface area contributed by atoms with Crippen LogP contribution in [0.3, 0.4) is 0 Å². The molecule has 0 bridgehead atoms. The van der Waals surface area contributed by atoms with E-state index in [9.17, 15) is 14.4 Å². The first-order valence-electron chi connectivity index (χ1n) is 11.5. The largest absolute Gasteiger partial charge is 0.464 e. The lowest BCUT2D eigenvalue weighted by Crippen LogP contribution is -2.42. The van der Waals surface area contributed by atoms with Crippen molar-refractivity contribution < 1.29 is 19.1 Å². The summed E-state index contributed by atoms with van der Waals surface area (Å²) < 4.78 is 5.31. The number of imide groups is 1. The van der Waals surface area contributed by atoms with Crippen molar-refractivity contribution in [2.45, 2.75) is 25.7 Å². The quantitative estimate of drug-likeness (QED) is 0.423. The molecule has 5 rings (SSSR count). The average Bonchev–Trinajstić information content (AvgIpc) is 2.85. The van der Waals surface area contributed by atoms with Crippen LogP contribution in [0.1, 0.15) is 45.5 Å². The second kappa shape index (κ2) is 9.06. The Morgan fingerprint density at radius 3 is 2.30 bits per heavy atom. The van der Waals surface area contributed by atoms with Crippen LogP contribution in [0.4, 0.5) is 5.69 Å². The average molecular weight is 443 g/mol. The second-order valence-corrected chi connectivity index (χ2v) is 8.55. The maximum atomic E-state index is 13.2. The molecule has 3 aromatic carbocycles. The van der Waals surface area contributed by atoms with Crippen LogP contribution < -0.4 is 4.90 Å². The van der Waals surface area contributed by atoms with Gasteiger partial charge in [-0.05, 0) is 43.0 Å². The summed E-state index contributed by atoms with van der Waals surface area (Å²) in [6.07, 6.45) is 3.69. The third kappa shape index (κ3) is 4.09. The van der Waals surface area contributed by atoms with E-state index >= 15 is 0 Å². The SMILES string of the molecule is O=C(Cc1ccccc1)OCCN1C(=O)c2cccc3c(N4CCCCC4)ccc(c23)C1=O. The number of nitrogens with zero attached hydrogens (tertiary/aromatic N) is 2. The van der Waals surface area contributed by atoms with Gasteiger partial charge in [0, 0.05) is 40.7 Å². The molecule has 0 N–H and O–H groups in total. The van der Waals surface area contributed by atoms with Crippen molar-refractivity contribution in [2.75, 3.05) is 31.1 Å². The fraction of sp³-hybridized carbons (Fsp3) is 0.296. The zero-order chi connectivity index (χ0) is 22.8. The van der Waals surface area contributed by atoms with Crippen LogP contribution in [-0.4, -0.2) is 48.9 Å². The highest BCUT2D eigenvalue weighted by atomic mass is 16.5. The van der Waals surface area contributed by atoms with Crippen molar-refractivity contribution in [3.05, 3.63) is 77.4 Å². The lowest BCUT2D eigenvalue weighted by atomic mass is 9.92. The number of ether oxygens (including phenoxy) is 1. The Morgan fingerprint density at radius 2 is 1.55 bits per heavy atom. The first-order chi connectivity index (χ1) is 16.1. The summed E-state index contributed by atoms with van der Waals surface area (Å²) in [5.74, 6) is -1.06. The van der Waals surface area contributed by atoms with Gasteiger partial charge in [0.1, 0.15) is 6.61 Å². The van der Waals surface area contributed by atoms with Gasteiger partial charge >= 0.3 is 5.97 Å². The lowest BCUT2D eigenvalue weighted by molar-refractivity contribution is -0.143. The van der Waals surface area contributed by atoms with E-state index in [1.807, 2.05) is 54.6 Å². The van der Waals surface area contributed by atoms with Gasteiger partial charge in [0.25, 0.3) is 11.8 Å². The molecular formula is C27H26N2O4. The van der Waals surface area contributed by atoms with E-state index in [0.29, 0.717) is 11.1 Å². The number of carbonyl (C=O) groups excluding carboxylic acids is 3. The van der Waals surface area contributed by atoms with Crippen molar-refractivity contribution >= 4 is 34.2 Å². The summed E-state index contributed by atoms with van der Waals surface area (Å²) in [5, 5.41) is 1.68. The Kier molecular flexibility index (Phi) is 5.82. The van der Waals surface area contributed by atoms with Gasteiger partial charge in [-0.2, -0.15) is 0 Å². The van der Waals surface area contributed by atoms with Crippen LogP contribution in [0.5, 0.6) is 0 Å². The smallest absolute Gasteiger partial charge is 0.310 e. The molecule has 2 amide bonds. The lowest BCUT2D eigenvalue weighted by Gasteiger charge is -2.32. The molecule has 168 valence electrons. The standard InChI is InChI=1S/C27H26N2O4/c30-24(18-19-8-3-1-4-9-19)33-17-16-29-26(31)21-11-7-10-20-23(28-14-5-2-6-15-28)13-12-22(25(20)21)27(29)32/h1,3-4,7-13H,2,5-6,14-18H2. The minimum atomic E-state index is -0.383. The van der Waals surface area contributed by atoms with Crippen LogP contribution in [0.15, 0.2) is 60.7 Å². The fourth-order valence-corrected chi connectivity index (χ4v) is 4.81. The zero-order valence-corrected chi connectivity index (χ0v) is 18.5. The number of amides is 2. The second-order valence-electron chi connectivity index (χ2n) is 8.55. The summed E-state index contributed by atoms with van der Waals surface area (Å²) in [6.45, 7) is 1.98. The first kappa shape index (κ1) is 21.2. The van der Waals surface area contributed by atoms with E-state index in [1.54, 1.807) is 6.07 Å². The Balaban J connectivity index is 1.34. The Hall–Kier alpha value is -3.67. The highest BCUT2D eigenvalue weighted by Crippen LogP contribution is 2.36. The molecule has 0 radical (unpaired) electrons. The monoisotopic (exact) mass is 442 g/mol. The molecule has 1 saturated heterocycles. The molecule has 0 aromatic heterocycles. The highest BCUT2D eigenvalue weighted by Gasteiger charge is 2.33. The summed E-state index contributed by atoms with van der Waals surface area (Å²) in [6, 6.07) is 18.8. The van der Waals surface area contributed by atoms with Gasteiger partial charge in [-0.25, -0.2) is 0 Å². The molecule has 0 spiro atoms. The molecule has 2 aliphatic heterocycles. The van der Waals surface area contributed by atoms with E-state index < -0.39 is 0 Å². The minimum Gasteiger partial charge on any atom is -0.464 e. The van der Waals surface area contributed by atoms with Crippen LogP contribution in [0, 0.1) is 0 Å².